The fourth-order valence-electron chi connectivity index (χ4n) is 2.04. The monoisotopic (exact) mass is 408 g/mol. The second kappa shape index (κ2) is 7.40. The molecular weight excluding hydrogens is 396 g/mol. The number of carbonyl (C=O) groups excluding carboxylic acids is 1. The number of sulfonamides is 1. The molecule has 0 saturated heterocycles. The molecule has 1 amide bonds. The van der Waals surface area contributed by atoms with Crippen molar-refractivity contribution >= 4 is 50.5 Å². The minimum atomic E-state index is -3.83. The highest BCUT2D eigenvalue weighted by molar-refractivity contribution is 7.92. The van der Waals surface area contributed by atoms with Crippen LogP contribution in [0.5, 0.6) is 0 Å². The van der Waals surface area contributed by atoms with E-state index in [-0.39, 0.29) is 16.8 Å². The lowest BCUT2D eigenvalue weighted by molar-refractivity contribution is 0.103. The molecule has 2 aromatic heterocycles. The second-order valence-corrected chi connectivity index (χ2v) is 8.21. The van der Waals surface area contributed by atoms with Gasteiger partial charge in [0, 0.05) is 17.6 Å². The maximum atomic E-state index is 12.4. The number of hydrogen-bond acceptors (Lipinski definition) is 6. The molecule has 2 heterocycles. The average molecular weight is 409 g/mol. The van der Waals surface area contributed by atoms with Crippen LogP contribution in [-0.4, -0.2) is 24.3 Å². The van der Waals surface area contributed by atoms with Gasteiger partial charge in [-0.15, -0.1) is 11.3 Å². The summed E-state index contributed by atoms with van der Waals surface area (Å²) in [6.07, 6.45) is 1.47. The number of aromatic nitrogens is 2. The van der Waals surface area contributed by atoms with Gasteiger partial charge in [0.1, 0.15) is 4.88 Å². The van der Waals surface area contributed by atoms with Crippen molar-refractivity contribution in [2.24, 2.45) is 0 Å². The summed E-state index contributed by atoms with van der Waals surface area (Å²) in [5.41, 5.74) is 1.09. The highest BCUT2D eigenvalue weighted by atomic mass is 35.5. The Hall–Kier alpha value is -2.49. The Kier molecular flexibility index (Phi) is 5.21. The SMILES string of the molecule is Cc1ccnc(NS(=O)(=O)c2ccc(NC(=O)c3sccc3Cl)cc2)n1. The van der Waals surface area contributed by atoms with E-state index in [9.17, 15) is 13.2 Å². The van der Waals surface area contributed by atoms with E-state index in [1.807, 2.05) is 0 Å². The maximum Gasteiger partial charge on any atom is 0.267 e. The number of carbonyl (C=O) groups is 1. The van der Waals surface area contributed by atoms with E-state index in [4.69, 9.17) is 11.6 Å². The zero-order valence-electron chi connectivity index (χ0n) is 13.4. The smallest absolute Gasteiger partial charge is 0.267 e. The lowest BCUT2D eigenvalue weighted by Crippen LogP contribution is -2.15. The molecule has 2 N–H and O–H groups in total. The molecule has 134 valence electrons. The minimum absolute atomic E-state index is 0.00489. The quantitative estimate of drug-likeness (QED) is 0.672. The van der Waals surface area contributed by atoms with Gasteiger partial charge in [-0.25, -0.2) is 23.1 Å². The van der Waals surface area contributed by atoms with E-state index >= 15 is 0 Å². The third kappa shape index (κ3) is 4.18. The molecule has 0 aliphatic carbocycles. The van der Waals surface area contributed by atoms with Gasteiger partial charge in [0.05, 0.1) is 9.92 Å². The summed E-state index contributed by atoms with van der Waals surface area (Å²) >= 11 is 7.15. The van der Waals surface area contributed by atoms with Gasteiger partial charge in [-0.3, -0.25) is 4.79 Å². The molecule has 0 aliphatic heterocycles. The molecule has 1 aromatic carbocycles. The summed E-state index contributed by atoms with van der Waals surface area (Å²) in [4.78, 5) is 20.4. The Labute approximate surface area is 159 Å². The molecule has 0 fully saturated rings. The van der Waals surface area contributed by atoms with Crippen LogP contribution in [0.2, 0.25) is 5.02 Å². The van der Waals surface area contributed by atoms with Gasteiger partial charge in [-0.2, -0.15) is 0 Å². The number of amides is 1. The highest BCUT2D eigenvalue weighted by Gasteiger charge is 2.17. The van der Waals surface area contributed by atoms with Crippen molar-refractivity contribution in [3.05, 3.63) is 63.6 Å². The number of anilines is 2. The van der Waals surface area contributed by atoms with Crippen LogP contribution in [0.15, 0.2) is 52.9 Å². The number of thiophene rings is 1. The Morgan fingerprint density at radius 2 is 1.88 bits per heavy atom. The first-order chi connectivity index (χ1) is 12.3. The van der Waals surface area contributed by atoms with Crippen LogP contribution in [0.25, 0.3) is 0 Å². The van der Waals surface area contributed by atoms with Gasteiger partial charge in [0.25, 0.3) is 15.9 Å². The van der Waals surface area contributed by atoms with Crippen LogP contribution in [0, 0.1) is 6.92 Å². The largest absolute Gasteiger partial charge is 0.321 e. The molecule has 0 unspecified atom stereocenters. The molecule has 3 aromatic rings. The molecule has 0 saturated carbocycles. The second-order valence-electron chi connectivity index (χ2n) is 5.20. The molecule has 0 spiro atoms. The summed E-state index contributed by atoms with van der Waals surface area (Å²) in [5, 5.41) is 4.75. The molecule has 3 rings (SSSR count). The van der Waals surface area contributed by atoms with E-state index in [1.165, 1.54) is 41.8 Å². The first-order valence-electron chi connectivity index (χ1n) is 7.32. The van der Waals surface area contributed by atoms with Crippen LogP contribution in [0.4, 0.5) is 11.6 Å². The molecule has 7 nitrogen and oxygen atoms in total. The minimum Gasteiger partial charge on any atom is -0.321 e. The first-order valence-corrected chi connectivity index (χ1v) is 10.1. The van der Waals surface area contributed by atoms with Crippen LogP contribution < -0.4 is 10.0 Å². The fourth-order valence-corrected chi connectivity index (χ4v) is 4.03. The van der Waals surface area contributed by atoms with Gasteiger partial charge in [0.15, 0.2) is 0 Å². The number of hydrogen-bond donors (Lipinski definition) is 2. The van der Waals surface area contributed by atoms with Crippen LogP contribution in [-0.2, 0) is 10.0 Å². The van der Waals surface area contributed by atoms with Crippen LogP contribution in [0.3, 0.4) is 0 Å². The molecular formula is C16H13ClN4O3S2. The van der Waals surface area contributed by atoms with Gasteiger partial charge in [0.2, 0.25) is 5.95 Å². The van der Waals surface area contributed by atoms with Gasteiger partial charge < -0.3 is 5.32 Å². The predicted octanol–water partition coefficient (Wildman–Crippen LogP) is 3.55. The molecule has 0 aliphatic rings. The van der Waals surface area contributed by atoms with Crippen LogP contribution in [0.1, 0.15) is 15.4 Å². The van der Waals surface area contributed by atoms with E-state index < -0.39 is 10.0 Å². The van der Waals surface area contributed by atoms with E-state index in [0.717, 1.165) is 0 Å². The van der Waals surface area contributed by atoms with Crippen molar-refractivity contribution in [3.8, 4) is 0 Å². The fraction of sp³-hybridized carbons (Fsp3) is 0.0625. The van der Waals surface area contributed by atoms with Crippen molar-refractivity contribution in [3.63, 3.8) is 0 Å². The number of rotatable bonds is 5. The number of halogens is 1. The zero-order valence-corrected chi connectivity index (χ0v) is 15.8. The molecule has 0 atom stereocenters. The van der Waals surface area contributed by atoms with Crippen molar-refractivity contribution in [1.29, 1.82) is 0 Å². The lowest BCUT2D eigenvalue weighted by atomic mass is 10.3. The van der Waals surface area contributed by atoms with E-state index in [1.54, 1.807) is 24.4 Å². The third-order valence-corrected chi connectivity index (χ3v) is 5.95. The molecule has 26 heavy (non-hydrogen) atoms. The standard InChI is InChI=1S/C16H13ClN4O3S2/c1-10-6-8-18-16(19-10)21-26(23,24)12-4-2-11(3-5-12)20-15(22)14-13(17)7-9-25-14/h2-9H,1H3,(H,20,22)(H,18,19,21). The van der Waals surface area contributed by atoms with Crippen molar-refractivity contribution < 1.29 is 13.2 Å². The predicted molar refractivity (Wildman–Crippen MR) is 101 cm³/mol. The third-order valence-electron chi connectivity index (χ3n) is 3.27. The van der Waals surface area contributed by atoms with Crippen molar-refractivity contribution in [2.45, 2.75) is 11.8 Å². The lowest BCUT2D eigenvalue weighted by Gasteiger charge is -2.08. The summed E-state index contributed by atoms with van der Waals surface area (Å²) in [6, 6.07) is 9.04. The van der Waals surface area contributed by atoms with Crippen molar-refractivity contribution in [1.82, 2.24) is 9.97 Å². The maximum absolute atomic E-state index is 12.4. The molecule has 0 bridgehead atoms. The normalized spacial score (nSPS) is 11.2. The zero-order chi connectivity index (χ0) is 18.7. The number of aryl methyl sites for hydroxylation is 1. The molecule has 10 heteroatoms. The number of nitrogens with one attached hydrogen (secondary N) is 2. The Bertz CT molecular complexity index is 1050. The van der Waals surface area contributed by atoms with Gasteiger partial charge in [-0.1, -0.05) is 11.6 Å². The summed E-state index contributed by atoms with van der Waals surface area (Å²) in [5.74, 6) is -0.360. The Morgan fingerprint density at radius 3 is 2.50 bits per heavy atom. The topological polar surface area (TPSA) is 101 Å². The highest BCUT2D eigenvalue weighted by Crippen LogP contribution is 2.23. The van der Waals surface area contributed by atoms with E-state index in [2.05, 4.69) is 20.0 Å². The average Bonchev–Trinajstić information content (AvgIpc) is 3.01. The van der Waals surface area contributed by atoms with Gasteiger partial charge >= 0.3 is 0 Å². The summed E-state index contributed by atoms with van der Waals surface area (Å²) in [7, 11) is -3.83. The number of benzene rings is 1. The number of nitrogens with zero attached hydrogens (tertiary/aromatic N) is 2. The summed E-state index contributed by atoms with van der Waals surface area (Å²) in [6.45, 7) is 1.73. The van der Waals surface area contributed by atoms with E-state index in [0.29, 0.717) is 21.3 Å². The van der Waals surface area contributed by atoms with Crippen LogP contribution >= 0.6 is 22.9 Å². The molecule has 0 radical (unpaired) electrons. The first kappa shape index (κ1) is 18.3. The Morgan fingerprint density at radius 1 is 1.15 bits per heavy atom. The van der Waals surface area contributed by atoms with Crippen molar-refractivity contribution in [2.75, 3.05) is 10.0 Å². The Balaban J connectivity index is 1.74. The summed E-state index contributed by atoms with van der Waals surface area (Å²) < 4.78 is 27.1. The van der Waals surface area contributed by atoms with Gasteiger partial charge in [-0.05, 0) is 48.7 Å².